The molecule has 0 unspecified atom stereocenters. The van der Waals surface area contributed by atoms with Gasteiger partial charge in [0.1, 0.15) is 0 Å². The second-order valence-corrected chi connectivity index (χ2v) is 4.72. The van der Waals surface area contributed by atoms with Crippen LogP contribution < -0.4 is 0 Å². The number of nitrogens with zero attached hydrogens (tertiary/aromatic N) is 2. The van der Waals surface area contributed by atoms with Crippen molar-refractivity contribution >= 4 is 34.2 Å². The van der Waals surface area contributed by atoms with Crippen molar-refractivity contribution in [2.75, 3.05) is 13.1 Å². The number of hydrogen-bond acceptors (Lipinski definition) is 3. The molecule has 0 aromatic heterocycles. The van der Waals surface area contributed by atoms with Gasteiger partial charge in [-0.2, -0.15) is 0 Å². The SMILES string of the molecule is C=CCN(CC)C(=O)c1cc([N+](=O)[O-])ccc1I. The zero-order chi connectivity index (χ0) is 13.7. The summed E-state index contributed by atoms with van der Waals surface area (Å²) in [6, 6.07) is 4.28. The number of nitro groups is 1. The molecule has 0 saturated heterocycles. The van der Waals surface area contributed by atoms with E-state index >= 15 is 0 Å². The molecular formula is C12H13IN2O3. The minimum absolute atomic E-state index is 0.0755. The van der Waals surface area contributed by atoms with Crippen molar-refractivity contribution in [3.8, 4) is 0 Å². The molecule has 0 aliphatic heterocycles. The van der Waals surface area contributed by atoms with Crippen LogP contribution in [0.1, 0.15) is 17.3 Å². The molecule has 1 aromatic carbocycles. The number of likely N-dealkylation sites (N-methyl/N-ethyl adjacent to an activating group) is 1. The molecule has 0 fully saturated rings. The minimum Gasteiger partial charge on any atom is -0.335 e. The van der Waals surface area contributed by atoms with E-state index in [1.54, 1.807) is 17.0 Å². The lowest BCUT2D eigenvalue weighted by Gasteiger charge is -2.19. The van der Waals surface area contributed by atoms with Gasteiger partial charge in [-0.3, -0.25) is 14.9 Å². The van der Waals surface area contributed by atoms with Gasteiger partial charge in [-0.1, -0.05) is 6.08 Å². The molecule has 0 heterocycles. The zero-order valence-corrected chi connectivity index (χ0v) is 12.1. The Morgan fingerprint density at radius 2 is 2.28 bits per heavy atom. The fourth-order valence-corrected chi connectivity index (χ4v) is 2.04. The van der Waals surface area contributed by atoms with E-state index in [1.165, 1.54) is 12.1 Å². The molecule has 0 spiro atoms. The summed E-state index contributed by atoms with van der Waals surface area (Å²) >= 11 is 2.00. The number of carbonyl (C=O) groups is 1. The molecule has 6 heteroatoms. The molecule has 18 heavy (non-hydrogen) atoms. The van der Waals surface area contributed by atoms with Crippen LogP contribution >= 0.6 is 22.6 Å². The van der Waals surface area contributed by atoms with Crippen molar-refractivity contribution in [3.63, 3.8) is 0 Å². The van der Waals surface area contributed by atoms with Gasteiger partial charge >= 0.3 is 0 Å². The van der Waals surface area contributed by atoms with Crippen LogP contribution in [0.2, 0.25) is 0 Å². The Kier molecular flexibility index (Phi) is 5.26. The second kappa shape index (κ2) is 6.48. The van der Waals surface area contributed by atoms with E-state index in [0.717, 1.165) is 0 Å². The third-order valence-electron chi connectivity index (χ3n) is 2.41. The quantitative estimate of drug-likeness (QED) is 0.351. The Morgan fingerprint density at radius 1 is 1.61 bits per heavy atom. The first-order chi connectivity index (χ1) is 8.51. The standard InChI is InChI=1S/C12H13IN2O3/c1-3-7-14(4-2)12(16)10-8-9(15(17)18)5-6-11(10)13/h3,5-6,8H,1,4,7H2,2H3. The van der Waals surface area contributed by atoms with Gasteiger partial charge in [-0.05, 0) is 35.6 Å². The van der Waals surface area contributed by atoms with Crippen LogP contribution in [0.5, 0.6) is 0 Å². The smallest absolute Gasteiger partial charge is 0.270 e. The molecule has 0 aliphatic rings. The van der Waals surface area contributed by atoms with Crippen molar-refractivity contribution in [2.24, 2.45) is 0 Å². The fraction of sp³-hybridized carbons (Fsp3) is 0.250. The molecule has 0 bridgehead atoms. The lowest BCUT2D eigenvalue weighted by atomic mass is 10.1. The number of amides is 1. The first-order valence-electron chi connectivity index (χ1n) is 5.35. The Labute approximate surface area is 119 Å². The van der Waals surface area contributed by atoms with E-state index in [-0.39, 0.29) is 11.6 Å². The van der Waals surface area contributed by atoms with Gasteiger partial charge in [0, 0.05) is 28.8 Å². The molecule has 1 rings (SSSR count). The summed E-state index contributed by atoms with van der Waals surface area (Å²) in [5, 5.41) is 10.7. The predicted molar refractivity (Wildman–Crippen MR) is 77.6 cm³/mol. The maximum Gasteiger partial charge on any atom is 0.270 e. The Balaban J connectivity index is 3.14. The van der Waals surface area contributed by atoms with Gasteiger partial charge in [-0.25, -0.2) is 0 Å². The molecule has 96 valence electrons. The van der Waals surface area contributed by atoms with Crippen LogP contribution in [0.25, 0.3) is 0 Å². The average Bonchev–Trinajstić information content (AvgIpc) is 2.35. The number of non-ortho nitro benzene ring substituents is 1. The molecule has 0 radical (unpaired) electrons. The third-order valence-corrected chi connectivity index (χ3v) is 3.35. The summed E-state index contributed by atoms with van der Waals surface area (Å²) in [7, 11) is 0. The maximum atomic E-state index is 12.2. The highest BCUT2D eigenvalue weighted by molar-refractivity contribution is 14.1. The van der Waals surface area contributed by atoms with E-state index in [9.17, 15) is 14.9 Å². The Hall–Kier alpha value is -1.44. The van der Waals surface area contributed by atoms with Crippen molar-refractivity contribution in [1.29, 1.82) is 0 Å². The lowest BCUT2D eigenvalue weighted by molar-refractivity contribution is -0.384. The number of halogens is 1. The monoisotopic (exact) mass is 360 g/mol. The number of carbonyl (C=O) groups excluding carboxylic acids is 1. The van der Waals surface area contributed by atoms with E-state index in [4.69, 9.17) is 0 Å². The average molecular weight is 360 g/mol. The highest BCUT2D eigenvalue weighted by Gasteiger charge is 2.19. The van der Waals surface area contributed by atoms with Crippen LogP contribution in [0, 0.1) is 13.7 Å². The van der Waals surface area contributed by atoms with Gasteiger partial charge < -0.3 is 4.90 Å². The van der Waals surface area contributed by atoms with Crippen molar-refractivity contribution in [1.82, 2.24) is 4.90 Å². The van der Waals surface area contributed by atoms with Crippen LogP contribution in [0.15, 0.2) is 30.9 Å². The lowest BCUT2D eigenvalue weighted by Crippen LogP contribution is -2.31. The first kappa shape index (κ1) is 14.6. The molecule has 5 nitrogen and oxygen atoms in total. The van der Waals surface area contributed by atoms with Gasteiger partial charge in [-0.15, -0.1) is 6.58 Å². The van der Waals surface area contributed by atoms with Gasteiger partial charge in [0.25, 0.3) is 11.6 Å². The summed E-state index contributed by atoms with van der Waals surface area (Å²) < 4.78 is 0.700. The van der Waals surface area contributed by atoms with Gasteiger partial charge in [0.15, 0.2) is 0 Å². The minimum atomic E-state index is -0.503. The summed E-state index contributed by atoms with van der Waals surface area (Å²) in [5.41, 5.74) is 0.280. The largest absolute Gasteiger partial charge is 0.335 e. The number of rotatable bonds is 5. The van der Waals surface area contributed by atoms with Crippen molar-refractivity contribution in [3.05, 3.63) is 50.1 Å². The Bertz CT molecular complexity index is 488. The van der Waals surface area contributed by atoms with Gasteiger partial charge in [0.2, 0.25) is 0 Å². The van der Waals surface area contributed by atoms with Crippen LogP contribution in [0.4, 0.5) is 5.69 Å². The number of nitro benzene ring substituents is 1. The van der Waals surface area contributed by atoms with Crippen molar-refractivity contribution < 1.29 is 9.72 Å². The zero-order valence-electron chi connectivity index (χ0n) is 9.93. The normalized spacial score (nSPS) is 9.89. The Morgan fingerprint density at radius 3 is 2.78 bits per heavy atom. The highest BCUT2D eigenvalue weighted by Crippen LogP contribution is 2.21. The van der Waals surface area contributed by atoms with E-state index in [1.807, 2.05) is 29.5 Å². The number of benzene rings is 1. The molecule has 0 saturated carbocycles. The summed E-state index contributed by atoms with van der Waals surface area (Å²) in [5.74, 6) is -0.217. The second-order valence-electron chi connectivity index (χ2n) is 3.55. The summed E-state index contributed by atoms with van der Waals surface area (Å²) in [6.45, 7) is 6.40. The fourth-order valence-electron chi connectivity index (χ4n) is 1.47. The molecule has 0 N–H and O–H groups in total. The summed E-state index contributed by atoms with van der Waals surface area (Å²) in [4.78, 5) is 24.0. The first-order valence-corrected chi connectivity index (χ1v) is 6.43. The van der Waals surface area contributed by atoms with Crippen LogP contribution in [-0.2, 0) is 0 Å². The maximum absolute atomic E-state index is 12.2. The van der Waals surface area contributed by atoms with E-state index < -0.39 is 4.92 Å². The van der Waals surface area contributed by atoms with Crippen LogP contribution in [-0.4, -0.2) is 28.8 Å². The highest BCUT2D eigenvalue weighted by atomic mass is 127. The van der Waals surface area contributed by atoms with Crippen LogP contribution in [0.3, 0.4) is 0 Å². The van der Waals surface area contributed by atoms with E-state index in [0.29, 0.717) is 22.2 Å². The molecule has 1 aromatic rings. The van der Waals surface area contributed by atoms with Gasteiger partial charge in [0.05, 0.1) is 10.5 Å². The topological polar surface area (TPSA) is 63.5 Å². The number of hydrogen-bond donors (Lipinski definition) is 0. The summed E-state index contributed by atoms with van der Waals surface area (Å²) in [6.07, 6.45) is 1.63. The molecule has 0 atom stereocenters. The molecule has 0 aliphatic carbocycles. The molecule has 1 amide bonds. The van der Waals surface area contributed by atoms with E-state index in [2.05, 4.69) is 6.58 Å². The third kappa shape index (κ3) is 3.28. The van der Waals surface area contributed by atoms with Crippen molar-refractivity contribution in [2.45, 2.75) is 6.92 Å². The predicted octanol–water partition coefficient (Wildman–Crippen LogP) is 2.85. The molecular weight excluding hydrogens is 347 g/mol.